The molecule has 0 unspecified atom stereocenters. The van der Waals surface area contributed by atoms with Crippen molar-refractivity contribution in [1.29, 1.82) is 0 Å². The van der Waals surface area contributed by atoms with Crippen molar-refractivity contribution >= 4 is 16.6 Å². The third-order valence-electron chi connectivity index (χ3n) is 3.02. The van der Waals surface area contributed by atoms with Gasteiger partial charge in [0.05, 0.1) is 5.70 Å². The van der Waals surface area contributed by atoms with E-state index in [4.69, 9.17) is 5.73 Å². The van der Waals surface area contributed by atoms with Crippen molar-refractivity contribution in [1.82, 2.24) is 4.98 Å². The average Bonchev–Trinajstić information content (AvgIpc) is 2.53. The van der Waals surface area contributed by atoms with Gasteiger partial charge < -0.3 is 5.73 Å². The summed E-state index contributed by atoms with van der Waals surface area (Å²) in [6.45, 7) is 4.92. The van der Waals surface area contributed by atoms with Crippen LogP contribution in [0.5, 0.6) is 0 Å². The van der Waals surface area contributed by atoms with E-state index in [-0.39, 0.29) is 11.5 Å². The summed E-state index contributed by atoms with van der Waals surface area (Å²) in [5, 5.41) is 1.73. The Hall–Kier alpha value is -2.82. The van der Waals surface area contributed by atoms with E-state index >= 15 is 0 Å². The molecule has 2 N–H and O–H groups in total. The van der Waals surface area contributed by atoms with E-state index in [1.807, 2.05) is 24.3 Å². The molecule has 0 fully saturated rings. The molecule has 0 saturated carbocycles. The van der Waals surface area contributed by atoms with E-state index in [2.05, 4.69) is 16.6 Å². The lowest BCUT2D eigenvalue weighted by molar-refractivity contribution is 0.620. The van der Waals surface area contributed by atoms with Crippen LogP contribution < -0.4 is 5.73 Å². The maximum Gasteiger partial charge on any atom is 0.151 e. The molecule has 0 spiro atoms. The van der Waals surface area contributed by atoms with Crippen LogP contribution in [0.1, 0.15) is 12.5 Å². The highest BCUT2D eigenvalue weighted by Crippen LogP contribution is 2.19. The molecule has 112 valence electrons. The number of aromatic nitrogens is 1. The predicted molar refractivity (Wildman–Crippen MR) is 85.7 cm³/mol. The van der Waals surface area contributed by atoms with Crippen LogP contribution in [0.2, 0.25) is 0 Å². The number of rotatable bonds is 4. The molecule has 0 saturated heterocycles. The van der Waals surface area contributed by atoms with Crippen molar-refractivity contribution in [3.63, 3.8) is 0 Å². The maximum atomic E-state index is 13.7. The molecule has 22 heavy (non-hydrogen) atoms. The molecule has 0 aliphatic carbocycles. The third kappa shape index (κ3) is 3.44. The molecular weight excluding hydrogens is 284 g/mol. The molecule has 0 radical (unpaired) electrons. The normalized spacial score (nSPS) is 13.5. The summed E-state index contributed by atoms with van der Waals surface area (Å²) >= 11 is 0. The second kappa shape index (κ2) is 6.76. The zero-order valence-electron chi connectivity index (χ0n) is 12.1. The molecule has 0 bridgehead atoms. The van der Waals surface area contributed by atoms with Crippen molar-refractivity contribution in [2.24, 2.45) is 10.7 Å². The first-order valence-corrected chi connectivity index (χ1v) is 6.58. The Balaban J connectivity index is 2.40. The van der Waals surface area contributed by atoms with Gasteiger partial charge in [0.2, 0.25) is 0 Å². The number of nitrogens with two attached hydrogens (primary N) is 1. The summed E-state index contributed by atoms with van der Waals surface area (Å²) in [4.78, 5) is 7.99. The highest BCUT2D eigenvalue weighted by Gasteiger charge is 2.08. The van der Waals surface area contributed by atoms with Crippen LogP contribution in [0.15, 0.2) is 77.7 Å². The lowest BCUT2D eigenvalue weighted by Gasteiger charge is -2.06. The van der Waals surface area contributed by atoms with Gasteiger partial charge in [0.25, 0.3) is 0 Å². The number of nitrogens with zero attached hydrogens (tertiary/aromatic N) is 2. The molecule has 2 aromatic rings. The topological polar surface area (TPSA) is 51.3 Å². The van der Waals surface area contributed by atoms with Crippen LogP contribution >= 0.6 is 0 Å². The number of aliphatic imine (C=N–C) groups is 1. The van der Waals surface area contributed by atoms with Crippen LogP contribution in [0.4, 0.5) is 8.78 Å². The molecule has 1 aromatic heterocycles. The molecule has 1 aromatic carbocycles. The first kappa shape index (κ1) is 15.6. The van der Waals surface area contributed by atoms with Crippen LogP contribution in [-0.2, 0) is 0 Å². The summed E-state index contributed by atoms with van der Waals surface area (Å²) in [6, 6.07) is 7.48. The van der Waals surface area contributed by atoms with Gasteiger partial charge in [0.1, 0.15) is 11.7 Å². The predicted octanol–water partition coefficient (Wildman–Crippen LogP) is 4.18. The van der Waals surface area contributed by atoms with Crippen molar-refractivity contribution in [3.05, 3.63) is 78.3 Å². The lowest BCUT2D eigenvalue weighted by atomic mass is 10.1. The fourth-order valence-electron chi connectivity index (χ4n) is 1.87. The molecule has 3 nitrogen and oxygen atoms in total. The number of halogens is 2. The van der Waals surface area contributed by atoms with Gasteiger partial charge in [-0.25, -0.2) is 13.8 Å². The smallest absolute Gasteiger partial charge is 0.151 e. The Morgan fingerprint density at radius 2 is 2.00 bits per heavy atom. The Morgan fingerprint density at radius 1 is 1.27 bits per heavy atom. The summed E-state index contributed by atoms with van der Waals surface area (Å²) in [5.74, 6) is -1.52. The van der Waals surface area contributed by atoms with Crippen LogP contribution in [0.3, 0.4) is 0 Å². The van der Waals surface area contributed by atoms with E-state index in [0.717, 1.165) is 16.8 Å². The highest BCUT2D eigenvalue weighted by molar-refractivity contribution is 6.08. The van der Waals surface area contributed by atoms with Crippen LogP contribution in [-0.4, -0.2) is 10.8 Å². The molecule has 0 aliphatic rings. The molecule has 0 amide bonds. The summed E-state index contributed by atoms with van der Waals surface area (Å²) in [7, 11) is 0. The van der Waals surface area contributed by atoms with Gasteiger partial charge in [-0.3, -0.25) is 4.98 Å². The van der Waals surface area contributed by atoms with E-state index in [1.165, 1.54) is 6.92 Å². The SMILES string of the molecule is C=C(N=C(N)c1cncc2ccccc12)/C(F)=C\C(F)=CC. The molecule has 0 aliphatic heterocycles. The van der Waals surface area contributed by atoms with E-state index in [1.54, 1.807) is 12.4 Å². The Kier molecular flexibility index (Phi) is 4.78. The fraction of sp³-hybridized carbons (Fsp3) is 0.0588. The number of benzene rings is 1. The number of pyridine rings is 1. The minimum Gasteiger partial charge on any atom is -0.383 e. The Morgan fingerprint density at radius 3 is 2.73 bits per heavy atom. The van der Waals surface area contributed by atoms with Gasteiger partial charge in [0, 0.05) is 29.4 Å². The Bertz CT molecular complexity index is 799. The lowest BCUT2D eigenvalue weighted by Crippen LogP contribution is -2.14. The van der Waals surface area contributed by atoms with Gasteiger partial charge in [-0.1, -0.05) is 36.9 Å². The number of allylic oxidation sites excluding steroid dienone is 4. The van der Waals surface area contributed by atoms with Crippen molar-refractivity contribution in [3.8, 4) is 0 Å². The number of hydrogen-bond acceptors (Lipinski definition) is 2. The fourth-order valence-corrected chi connectivity index (χ4v) is 1.87. The average molecular weight is 299 g/mol. The van der Waals surface area contributed by atoms with Gasteiger partial charge in [0.15, 0.2) is 5.83 Å². The van der Waals surface area contributed by atoms with Crippen LogP contribution in [0.25, 0.3) is 10.8 Å². The molecule has 1 heterocycles. The van der Waals surface area contributed by atoms with E-state index in [0.29, 0.717) is 11.6 Å². The second-order valence-electron chi connectivity index (χ2n) is 4.52. The van der Waals surface area contributed by atoms with Gasteiger partial charge in [-0.2, -0.15) is 0 Å². The zero-order valence-corrected chi connectivity index (χ0v) is 12.1. The van der Waals surface area contributed by atoms with Gasteiger partial charge in [-0.05, 0) is 12.3 Å². The first-order valence-electron chi connectivity index (χ1n) is 6.58. The monoisotopic (exact) mass is 299 g/mol. The largest absolute Gasteiger partial charge is 0.383 e. The second-order valence-corrected chi connectivity index (χ2v) is 4.52. The third-order valence-corrected chi connectivity index (χ3v) is 3.02. The number of hydrogen-bond donors (Lipinski definition) is 1. The number of fused-ring (bicyclic) bond motifs is 1. The van der Waals surface area contributed by atoms with E-state index in [9.17, 15) is 8.78 Å². The van der Waals surface area contributed by atoms with Gasteiger partial charge in [-0.15, -0.1) is 0 Å². The van der Waals surface area contributed by atoms with Crippen LogP contribution in [0, 0.1) is 0 Å². The molecule has 2 rings (SSSR count). The maximum absolute atomic E-state index is 13.7. The van der Waals surface area contributed by atoms with Gasteiger partial charge >= 0.3 is 0 Å². The van der Waals surface area contributed by atoms with Crippen molar-refractivity contribution < 1.29 is 8.78 Å². The minimum atomic E-state index is -0.883. The standard InChI is InChI=1S/C17H15F2N3/c1-3-13(18)8-16(19)11(2)22-17(20)15-10-21-9-12-6-4-5-7-14(12)15/h3-10H,2H2,1H3,(H2,20,22)/b13-3?,16-8+. The summed E-state index contributed by atoms with van der Waals surface area (Å²) < 4.78 is 26.8. The highest BCUT2D eigenvalue weighted by atomic mass is 19.1. The molecular formula is C17H15F2N3. The van der Waals surface area contributed by atoms with Crippen molar-refractivity contribution in [2.45, 2.75) is 6.92 Å². The molecule has 5 heteroatoms. The number of amidine groups is 1. The first-order chi connectivity index (χ1) is 10.5. The molecule has 0 atom stereocenters. The van der Waals surface area contributed by atoms with E-state index < -0.39 is 11.7 Å². The zero-order chi connectivity index (χ0) is 16.1. The summed E-state index contributed by atoms with van der Waals surface area (Å²) in [5.41, 5.74) is 6.23. The van der Waals surface area contributed by atoms with Crippen molar-refractivity contribution in [2.75, 3.05) is 0 Å². The Labute approximate surface area is 127 Å². The summed E-state index contributed by atoms with van der Waals surface area (Å²) in [6.07, 6.45) is 5.08. The minimum absolute atomic E-state index is 0.0683. The quantitative estimate of drug-likeness (QED) is 0.523.